The van der Waals surface area contributed by atoms with Gasteiger partial charge in [-0.2, -0.15) is 0 Å². The molecule has 130 valence electrons. The van der Waals surface area contributed by atoms with Crippen molar-refractivity contribution in [3.63, 3.8) is 0 Å². The van der Waals surface area contributed by atoms with Crippen molar-refractivity contribution in [3.8, 4) is 0 Å². The number of carbonyl (C=O) groups is 2. The fourth-order valence-electron chi connectivity index (χ4n) is 2.32. The van der Waals surface area contributed by atoms with Gasteiger partial charge in [-0.25, -0.2) is 0 Å². The Balaban J connectivity index is 2.36. The molecule has 0 unspecified atom stereocenters. The molecule has 0 N–H and O–H groups in total. The van der Waals surface area contributed by atoms with E-state index in [0.29, 0.717) is 5.56 Å². The molecule has 0 saturated carbocycles. The van der Waals surface area contributed by atoms with Gasteiger partial charge in [0, 0.05) is 38.3 Å². The second-order valence-corrected chi connectivity index (χ2v) is 5.80. The quantitative estimate of drug-likeness (QED) is 0.457. The van der Waals surface area contributed by atoms with Gasteiger partial charge in [-0.1, -0.05) is 30.3 Å². The van der Waals surface area contributed by atoms with E-state index in [-0.39, 0.29) is 35.2 Å². The van der Waals surface area contributed by atoms with Crippen molar-refractivity contribution in [3.05, 3.63) is 69.8 Å². The van der Waals surface area contributed by atoms with E-state index in [1.165, 1.54) is 28.0 Å². The van der Waals surface area contributed by atoms with Crippen LogP contribution in [0.3, 0.4) is 0 Å². The molecule has 0 aromatic heterocycles. The molecule has 0 spiro atoms. The molecule has 0 fully saturated rings. The van der Waals surface area contributed by atoms with Crippen LogP contribution in [0.2, 0.25) is 0 Å². The van der Waals surface area contributed by atoms with Crippen molar-refractivity contribution in [1.29, 1.82) is 0 Å². The topological polar surface area (TPSA) is 83.8 Å². The van der Waals surface area contributed by atoms with Crippen LogP contribution in [0, 0.1) is 10.1 Å². The average molecular weight is 341 g/mol. The van der Waals surface area contributed by atoms with Crippen LogP contribution in [0.1, 0.15) is 15.9 Å². The van der Waals surface area contributed by atoms with E-state index in [2.05, 4.69) is 0 Å². The number of hydrogen-bond donors (Lipinski definition) is 0. The van der Waals surface area contributed by atoms with Gasteiger partial charge in [0.15, 0.2) is 5.78 Å². The van der Waals surface area contributed by atoms with Crippen molar-refractivity contribution < 1.29 is 14.5 Å². The Bertz CT molecular complexity index is 803. The van der Waals surface area contributed by atoms with Crippen LogP contribution >= 0.6 is 0 Å². The monoisotopic (exact) mass is 341 g/mol. The Labute approximate surface area is 145 Å². The van der Waals surface area contributed by atoms with Crippen LogP contribution in [0.25, 0.3) is 0 Å². The molecule has 0 radical (unpaired) electrons. The molecule has 0 saturated heterocycles. The van der Waals surface area contributed by atoms with Gasteiger partial charge in [0.2, 0.25) is 5.91 Å². The summed E-state index contributed by atoms with van der Waals surface area (Å²) in [5.74, 6) is -0.469. The molecule has 0 bridgehead atoms. The summed E-state index contributed by atoms with van der Waals surface area (Å²) in [5.41, 5.74) is 0.760. The summed E-state index contributed by atoms with van der Waals surface area (Å²) >= 11 is 0. The summed E-state index contributed by atoms with van der Waals surface area (Å²) in [6.07, 6.45) is 0. The summed E-state index contributed by atoms with van der Waals surface area (Å²) in [4.78, 5) is 38.1. The number of rotatable bonds is 6. The minimum absolute atomic E-state index is 0.000180. The highest BCUT2D eigenvalue weighted by molar-refractivity contribution is 6.09. The zero-order valence-electron chi connectivity index (χ0n) is 14.3. The Morgan fingerprint density at radius 2 is 1.64 bits per heavy atom. The number of nitrogens with zero attached hydrogens (tertiary/aromatic N) is 3. The number of ketones is 1. The Kier molecular flexibility index (Phi) is 5.49. The van der Waals surface area contributed by atoms with E-state index >= 15 is 0 Å². The van der Waals surface area contributed by atoms with E-state index in [9.17, 15) is 19.7 Å². The van der Waals surface area contributed by atoms with Gasteiger partial charge in [0.05, 0.1) is 11.5 Å². The van der Waals surface area contributed by atoms with Crippen molar-refractivity contribution >= 4 is 23.1 Å². The first-order valence-corrected chi connectivity index (χ1v) is 7.60. The molecule has 0 atom stereocenters. The summed E-state index contributed by atoms with van der Waals surface area (Å²) in [5, 5.41) is 11.4. The maximum Gasteiger partial charge on any atom is 0.293 e. The first kappa shape index (κ1) is 18.1. The lowest BCUT2D eigenvalue weighted by Gasteiger charge is -2.21. The van der Waals surface area contributed by atoms with Crippen LogP contribution in [-0.2, 0) is 4.79 Å². The molecule has 7 heteroatoms. The molecule has 0 aliphatic rings. The maximum atomic E-state index is 12.5. The third-order valence-electron chi connectivity index (χ3n) is 3.75. The lowest BCUT2D eigenvalue weighted by molar-refractivity contribution is -0.384. The second kappa shape index (κ2) is 7.57. The summed E-state index contributed by atoms with van der Waals surface area (Å²) in [6, 6.07) is 12.9. The van der Waals surface area contributed by atoms with Gasteiger partial charge in [-0.05, 0) is 12.1 Å². The Morgan fingerprint density at radius 3 is 2.20 bits per heavy atom. The van der Waals surface area contributed by atoms with Gasteiger partial charge >= 0.3 is 0 Å². The number of likely N-dealkylation sites (N-methyl/N-ethyl adjacent to an activating group) is 2. The molecule has 2 aromatic rings. The molecule has 7 nitrogen and oxygen atoms in total. The largest absolute Gasteiger partial charge is 0.360 e. The molecule has 2 rings (SSSR count). The molecular formula is C18H19N3O4. The number of nitro benzene ring substituents is 1. The standard InChI is InChI=1S/C18H19N3O4/c1-19(2)17(22)12-20(3)15-10-9-14(11-16(15)21(24)25)18(23)13-7-5-4-6-8-13/h4-11H,12H2,1-3H3. The number of amides is 1. The fraction of sp³-hybridized carbons (Fsp3) is 0.222. The smallest absolute Gasteiger partial charge is 0.293 e. The van der Waals surface area contributed by atoms with Gasteiger partial charge in [0.1, 0.15) is 5.69 Å². The van der Waals surface area contributed by atoms with Crippen LogP contribution in [-0.4, -0.2) is 49.2 Å². The number of nitro groups is 1. The summed E-state index contributed by atoms with van der Waals surface area (Å²) in [6.45, 7) is -0.000180. The van der Waals surface area contributed by atoms with Gasteiger partial charge in [0.25, 0.3) is 5.69 Å². The SMILES string of the molecule is CN(C)C(=O)CN(C)c1ccc(C(=O)c2ccccc2)cc1[N+](=O)[O-]. The van der Waals surface area contributed by atoms with E-state index in [0.717, 1.165) is 0 Å². The molecule has 0 aliphatic carbocycles. The zero-order chi connectivity index (χ0) is 18.6. The highest BCUT2D eigenvalue weighted by atomic mass is 16.6. The molecule has 2 aromatic carbocycles. The molecule has 1 amide bonds. The van der Waals surface area contributed by atoms with E-state index in [1.807, 2.05) is 0 Å². The van der Waals surface area contributed by atoms with Crippen molar-refractivity contribution in [2.75, 3.05) is 32.6 Å². The zero-order valence-corrected chi connectivity index (χ0v) is 14.3. The number of carbonyl (C=O) groups excluding carboxylic acids is 2. The predicted octanol–water partition coefficient (Wildman–Crippen LogP) is 2.35. The van der Waals surface area contributed by atoms with Crippen molar-refractivity contribution in [1.82, 2.24) is 4.90 Å². The number of anilines is 1. The summed E-state index contributed by atoms with van der Waals surface area (Å²) < 4.78 is 0. The fourth-order valence-corrected chi connectivity index (χ4v) is 2.32. The van der Waals surface area contributed by atoms with Crippen LogP contribution in [0.5, 0.6) is 0 Å². The van der Waals surface area contributed by atoms with E-state index < -0.39 is 4.92 Å². The second-order valence-electron chi connectivity index (χ2n) is 5.80. The molecule has 25 heavy (non-hydrogen) atoms. The molecule has 0 heterocycles. The third-order valence-corrected chi connectivity index (χ3v) is 3.75. The predicted molar refractivity (Wildman–Crippen MR) is 94.9 cm³/mol. The molecular weight excluding hydrogens is 322 g/mol. The lowest BCUT2D eigenvalue weighted by Crippen LogP contribution is -2.34. The third kappa shape index (κ3) is 4.20. The van der Waals surface area contributed by atoms with E-state index in [1.54, 1.807) is 51.5 Å². The minimum Gasteiger partial charge on any atom is -0.360 e. The lowest BCUT2D eigenvalue weighted by atomic mass is 10.0. The van der Waals surface area contributed by atoms with Crippen molar-refractivity contribution in [2.45, 2.75) is 0 Å². The van der Waals surface area contributed by atoms with Crippen LogP contribution in [0.15, 0.2) is 48.5 Å². The van der Waals surface area contributed by atoms with E-state index in [4.69, 9.17) is 0 Å². The summed E-state index contributed by atoms with van der Waals surface area (Å²) in [7, 11) is 4.83. The highest BCUT2D eigenvalue weighted by Crippen LogP contribution is 2.29. The first-order chi connectivity index (χ1) is 11.8. The number of benzene rings is 2. The van der Waals surface area contributed by atoms with Crippen LogP contribution in [0.4, 0.5) is 11.4 Å². The first-order valence-electron chi connectivity index (χ1n) is 7.60. The average Bonchev–Trinajstić information content (AvgIpc) is 2.61. The van der Waals surface area contributed by atoms with Gasteiger partial charge in [-0.15, -0.1) is 0 Å². The van der Waals surface area contributed by atoms with Gasteiger partial charge in [-0.3, -0.25) is 19.7 Å². The van der Waals surface area contributed by atoms with Crippen LogP contribution < -0.4 is 4.90 Å². The maximum absolute atomic E-state index is 12.5. The molecule has 0 aliphatic heterocycles. The minimum atomic E-state index is -0.548. The highest BCUT2D eigenvalue weighted by Gasteiger charge is 2.22. The van der Waals surface area contributed by atoms with Crippen molar-refractivity contribution in [2.24, 2.45) is 0 Å². The Hall–Kier alpha value is -3.22. The number of hydrogen-bond acceptors (Lipinski definition) is 5. The Morgan fingerprint density at radius 1 is 1.00 bits per heavy atom. The van der Waals surface area contributed by atoms with Gasteiger partial charge < -0.3 is 9.80 Å². The normalized spacial score (nSPS) is 10.2.